The fraction of sp³-hybridized carbons (Fsp3) is 0.182. The van der Waals surface area contributed by atoms with Gasteiger partial charge in [0.15, 0.2) is 6.61 Å². The van der Waals surface area contributed by atoms with Gasteiger partial charge in [0.1, 0.15) is 5.82 Å². The van der Waals surface area contributed by atoms with Gasteiger partial charge in [-0.05, 0) is 56.3 Å². The lowest BCUT2D eigenvalue weighted by Gasteiger charge is -2.10. The van der Waals surface area contributed by atoms with Crippen LogP contribution in [-0.4, -0.2) is 28.7 Å². The highest BCUT2D eigenvalue weighted by Gasteiger charge is 2.18. The van der Waals surface area contributed by atoms with Crippen LogP contribution in [0.15, 0.2) is 65.6 Å². The van der Waals surface area contributed by atoms with Crippen LogP contribution in [0.5, 0.6) is 0 Å². The smallest absolute Gasteiger partial charge is 0.316 e. The molecule has 0 spiro atoms. The molecule has 6 heteroatoms. The van der Waals surface area contributed by atoms with Crippen molar-refractivity contribution in [3.8, 4) is 5.69 Å². The molecular formula is C22H20FNO3S. The van der Waals surface area contributed by atoms with Crippen molar-refractivity contribution in [1.29, 1.82) is 0 Å². The summed E-state index contributed by atoms with van der Waals surface area (Å²) in [4.78, 5) is 25.4. The van der Waals surface area contributed by atoms with E-state index in [0.29, 0.717) is 5.56 Å². The number of ketones is 1. The molecule has 0 bridgehead atoms. The number of thioether (sulfide) groups is 1. The maximum absolute atomic E-state index is 13.2. The molecule has 0 saturated heterocycles. The Morgan fingerprint density at radius 1 is 1.04 bits per heavy atom. The molecule has 144 valence electrons. The molecule has 1 aromatic heterocycles. The van der Waals surface area contributed by atoms with E-state index >= 15 is 0 Å². The van der Waals surface area contributed by atoms with Crippen molar-refractivity contribution in [2.24, 2.45) is 0 Å². The van der Waals surface area contributed by atoms with Crippen LogP contribution in [0, 0.1) is 19.7 Å². The third-order valence-corrected chi connectivity index (χ3v) is 5.27. The first kappa shape index (κ1) is 19.9. The molecule has 0 amide bonds. The molecular weight excluding hydrogens is 377 g/mol. The van der Waals surface area contributed by atoms with Crippen LogP contribution in [0.4, 0.5) is 4.39 Å². The van der Waals surface area contributed by atoms with Crippen LogP contribution < -0.4 is 0 Å². The minimum Gasteiger partial charge on any atom is -0.457 e. The first-order valence-electron chi connectivity index (χ1n) is 8.77. The Morgan fingerprint density at radius 2 is 1.71 bits per heavy atom. The first-order chi connectivity index (χ1) is 13.5. The Balaban J connectivity index is 1.62. The number of nitrogens with zero attached hydrogens (tertiary/aromatic N) is 1. The number of aryl methyl sites for hydroxylation is 1. The van der Waals surface area contributed by atoms with Gasteiger partial charge in [-0.25, -0.2) is 4.39 Å². The number of rotatable bonds is 7. The van der Waals surface area contributed by atoms with Gasteiger partial charge < -0.3 is 9.30 Å². The number of hydrogen-bond acceptors (Lipinski definition) is 4. The lowest BCUT2D eigenvalue weighted by Crippen LogP contribution is -2.16. The van der Waals surface area contributed by atoms with E-state index in [2.05, 4.69) is 0 Å². The van der Waals surface area contributed by atoms with E-state index in [-0.39, 0.29) is 24.0 Å². The van der Waals surface area contributed by atoms with Gasteiger partial charge in [-0.3, -0.25) is 9.59 Å². The van der Waals surface area contributed by atoms with E-state index in [9.17, 15) is 14.0 Å². The molecule has 0 radical (unpaired) electrons. The molecule has 0 fully saturated rings. The van der Waals surface area contributed by atoms with Crippen LogP contribution >= 0.6 is 11.8 Å². The van der Waals surface area contributed by atoms with Gasteiger partial charge in [-0.15, -0.1) is 11.8 Å². The molecule has 28 heavy (non-hydrogen) atoms. The van der Waals surface area contributed by atoms with E-state index in [1.165, 1.54) is 23.9 Å². The van der Waals surface area contributed by atoms with Crippen LogP contribution in [0.25, 0.3) is 5.69 Å². The summed E-state index contributed by atoms with van der Waals surface area (Å²) in [5.74, 6) is -0.872. The normalized spacial score (nSPS) is 10.7. The summed E-state index contributed by atoms with van der Waals surface area (Å²) in [6.45, 7) is 3.38. The quantitative estimate of drug-likeness (QED) is 0.328. The van der Waals surface area contributed by atoms with Crippen molar-refractivity contribution in [3.63, 3.8) is 0 Å². The number of benzene rings is 2. The fourth-order valence-corrected chi connectivity index (χ4v) is 3.67. The SMILES string of the molecule is Cc1cc(C(=O)COC(=O)CSc2ccccc2)c(C)n1-c1ccc(F)cc1. The van der Waals surface area contributed by atoms with Crippen LogP contribution in [-0.2, 0) is 9.53 Å². The Labute approximate surface area is 167 Å². The van der Waals surface area contributed by atoms with Crippen LogP contribution in [0.3, 0.4) is 0 Å². The number of carbonyl (C=O) groups is 2. The number of esters is 1. The van der Waals surface area contributed by atoms with E-state index in [1.54, 1.807) is 18.2 Å². The summed E-state index contributed by atoms with van der Waals surface area (Å²) in [7, 11) is 0. The van der Waals surface area contributed by atoms with Gasteiger partial charge in [0, 0.05) is 27.5 Å². The molecule has 0 aliphatic rings. The monoisotopic (exact) mass is 397 g/mol. The van der Waals surface area contributed by atoms with Crippen molar-refractivity contribution >= 4 is 23.5 Å². The molecule has 0 unspecified atom stereocenters. The number of hydrogen-bond donors (Lipinski definition) is 0. The van der Waals surface area contributed by atoms with Crippen molar-refractivity contribution in [1.82, 2.24) is 4.57 Å². The molecule has 0 aliphatic heterocycles. The minimum atomic E-state index is -0.436. The number of aromatic nitrogens is 1. The van der Waals surface area contributed by atoms with Gasteiger partial charge in [0.25, 0.3) is 0 Å². The van der Waals surface area contributed by atoms with Gasteiger partial charge in [-0.1, -0.05) is 18.2 Å². The highest BCUT2D eigenvalue weighted by Crippen LogP contribution is 2.22. The van der Waals surface area contributed by atoms with Gasteiger partial charge in [0.05, 0.1) is 5.75 Å². The molecule has 3 rings (SSSR count). The second kappa shape index (κ2) is 8.89. The highest BCUT2D eigenvalue weighted by atomic mass is 32.2. The molecule has 0 aliphatic carbocycles. The van der Waals surface area contributed by atoms with Gasteiger partial charge in [0.2, 0.25) is 5.78 Å². The van der Waals surface area contributed by atoms with E-state index in [0.717, 1.165) is 22.0 Å². The zero-order chi connectivity index (χ0) is 20.1. The lowest BCUT2D eigenvalue weighted by molar-refractivity contribution is -0.139. The van der Waals surface area contributed by atoms with Crippen LogP contribution in [0.1, 0.15) is 21.7 Å². The summed E-state index contributed by atoms with van der Waals surface area (Å²) in [5, 5.41) is 0. The van der Waals surface area contributed by atoms with Crippen molar-refractivity contribution in [2.45, 2.75) is 18.7 Å². The largest absolute Gasteiger partial charge is 0.457 e. The topological polar surface area (TPSA) is 48.3 Å². The molecule has 0 atom stereocenters. The summed E-state index contributed by atoms with van der Waals surface area (Å²) >= 11 is 1.36. The Bertz CT molecular complexity index is 981. The Kier molecular flexibility index (Phi) is 6.31. The Morgan fingerprint density at radius 3 is 2.39 bits per heavy atom. The minimum absolute atomic E-state index is 0.145. The number of ether oxygens (including phenoxy) is 1. The molecule has 3 aromatic rings. The second-order valence-electron chi connectivity index (χ2n) is 6.28. The molecule has 4 nitrogen and oxygen atoms in total. The first-order valence-corrected chi connectivity index (χ1v) is 9.76. The predicted molar refractivity (Wildman–Crippen MR) is 108 cm³/mol. The second-order valence-corrected chi connectivity index (χ2v) is 7.33. The maximum Gasteiger partial charge on any atom is 0.316 e. The van der Waals surface area contributed by atoms with E-state index in [4.69, 9.17) is 4.74 Å². The predicted octanol–water partition coefficient (Wildman–Crippen LogP) is 4.75. The lowest BCUT2D eigenvalue weighted by atomic mass is 10.1. The Hall–Kier alpha value is -2.86. The third-order valence-electron chi connectivity index (χ3n) is 4.28. The zero-order valence-corrected chi connectivity index (χ0v) is 16.5. The number of halogens is 1. The maximum atomic E-state index is 13.2. The van der Waals surface area contributed by atoms with Crippen LogP contribution in [0.2, 0.25) is 0 Å². The standard InChI is InChI=1S/C22H20FNO3S/c1-15-12-20(16(2)24(15)18-10-8-17(23)9-11-18)21(25)13-27-22(26)14-28-19-6-4-3-5-7-19/h3-12H,13-14H2,1-2H3. The number of Topliss-reactive ketones (excluding diaryl/α,β-unsaturated/α-hetero) is 1. The fourth-order valence-electron chi connectivity index (χ4n) is 2.96. The summed E-state index contributed by atoms with van der Waals surface area (Å²) in [6, 6.07) is 17.3. The summed E-state index contributed by atoms with van der Waals surface area (Å²) < 4.78 is 20.2. The average Bonchev–Trinajstić information content (AvgIpc) is 3.00. The highest BCUT2D eigenvalue weighted by molar-refractivity contribution is 8.00. The summed E-state index contributed by atoms with van der Waals surface area (Å²) in [5.41, 5.74) is 2.83. The van der Waals surface area contributed by atoms with E-state index in [1.807, 2.05) is 48.7 Å². The zero-order valence-electron chi connectivity index (χ0n) is 15.6. The average molecular weight is 397 g/mol. The van der Waals surface area contributed by atoms with Crippen molar-refractivity contribution in [2.75, 3.05) is 12.4 Å². The third kappa shape index (κ3) is 4.70. The van der Waals surface area contributed by atoms with Crippen molar-refractivity contribution in [3.05, 3.63) is 83.4 Å². The van der Waals surface area contributed by atoms with E-state index < -0.39 is 5.97 Å². The van der Waals surface area contributed by atoms with Crippen molar-refractivity contribution < 1.29 is 18.7 Å². The van der Waals surface area contributed by atoms with Gasteiger partial charge >= 0.3 is 5.97 Å². The van der Waals surface area contributed by atoms with Gasteiger partial charge in [-0.2, -0.15) is 0 Å². The molecule has 1 heterocycles. The molecule has 0 N–H and O–H groups in total. The number of carbonyl (C=O) groups excluding carboxylic acids is 2. The molecule has 2 aromatic carbocycles. The summed E-state index contributed by atoms with van der Waals surface area (Å²) in [6.07, 6.45) is 0. The molecule has 0 saturated carbocycles.